The predicted octanol–water partition coefficient (Wildman–Crippen LogP) is 1.54. The molecule has 1 aromatic carbocycles. The standard InChI is InChI=1S/C12H17NO2S/c1-12(2)10(11(12)13)8-6-4-5-7-9(8)16(3,14)15/h4-7,10-11H,13H2,1-3H3. The van der Waals surface area contributed by atoms with E-state index < -0.39 is 9.84 Å². The lowest BCUT2D eigenvalue weighted by Gasteiger charge is -2.08. The molecular weight excluding hydrogens is 222 g/mol. The van der Waals surface area contributed by atoms with E-state index in [1.807, 2.05) is 12.1 Å². The fourth-order valence-electron chi connectivity index (χ4n) is 2.35. The lowest BCUT2D eigenvalue weighted by atomic mass is 10.0. The van der Waals surface area contributed by atoms with E-state index in [0.29, 0.717) is 4.90 Å². The van der Waals surface area contributed by atoms with E-state index in [1.54, 1.807) is 12.1 Å². The van der Waals surface area contributed by atoms with Gasteiger partial charge in [-0.05, 0) is 17.0 Å². The average Bonchev–Trinajstić information content (AvgIpc) is 2.65. The van der Waals surface area contributed by atoms with Gasteiger partial charge >= 0.3 is 0 Å². The topological polar surface area (TPSA) is 60.2 Å². The van der Waals surface area contributed by atoms with E-state index in [9.17, 15) is 8.42 Å². The first-order valence-corrected chi connectivity index (χ1v) is 7.20. The zero-order chi connectivity index (χ0) is 12.1. The van der Waals surface area contributed by atoms with Crippen LogP contribution in [0.2, 0.25) is 0 Å². The highest BCUT2D eigenvalue weighted by Gasteiger charge is 2.57. The third-order valence-electron chi connectivity index (χ3n) is 3.56. The molecule has 1 fully saturated rings. The maximum absolute atomic E-state index is 11.7. The van der Waals surface area contributed by atoms with Crippen LogP contribution in [0.4, 0.5) is 0 Å². The Morgan fingerprint density at radius 3 is 2.19 bits per heavy atom. The highest BCUT2D eigenvalue weighted by molar-refractivity contribution is 7.90. The second-order valence-electron chi connectivity index (χ2n) is 5.13. The molecule has 88 valence electrons. The van der Waals surface area contributed by atoms with E-state index >= 15 is 0 Å². The molecule has 16 heavy (non-hydrogen) atoms. The van der Waals surface area contributed by atoms with Crippen LogP contribution in [0, 0.1) is 5.41 Å². The molecule has 1 aliphatic carbocycles. The first kappa shape index (κ1) is 11.6. The van der Waals surface area contributed by atoms with Gasteiger partial charge in [0.15, 0.2) is 9.84 Å². The van der Waals surface area contributed by atoms with Gasteiger partial charge in [0.05, 0.1) is 4.90 Å². The minimum Gasteiger partial charge on any atom is -0.327 e. The van der Waals surface area contributed by atoms with Gasteiger partial charge in [0.2, 0.25) is 0 Å². The van der Waals surface area contributed by atoms with Gasteiger partial charge in [0.1, 0.15) is 0 Å². The van der Waals surface area contributed by atoms with E-state index in [0.717, 1.165) is 5.56 Å². The Balaban J connectivity index is 2.52. The molecule has 4 heteroatoms. The number of rotatable bonds is 2. The number of hydrogen-bond acceptors (Lipinski definition) is 3. The molecule has 2 N–H and O–H groups in total. The van der Waals surface area contributed by atoms with Crippen molar-refractivity contribution in [3.05, 3.63) is 29.8 Å². The summed E-state index contributed by atoms with van der Waals surface area (Å²) < 4.78 is 23.3. The maximum Gasteiger partial charge on any atom is 0.175 e. The fourth-order valence-corrected chi connectivity index (χ4v) is 3.30. The monoisotopic (exact) mass is 239 g/mol. The van der Waals surface area contributed by atoms with E-state index in [1.165, 1.54) is 6.26 Å². The molecule has 3 nitrogen and oxygen atoms in total. The van der Waals surface area contributed by atoms with Crippen molar-refractivity contribution in [1.29, 1.82) is 0 Å². The summed E-state index contributed by atoms with van der Waals surface area (Å²) in [6.07, 6.45) is 1.24. The molecular formula is C12H17NO2S. The van der Waals surface area contributed by atoms with Crippen molar-refractivity contribution in [1.82, 2.24) is 0 Å². The van der Waals surface area contributed by atoms with Gasteiger partial charge < -0.3 is 5.73 Å². The Morgan fingerprint density at radius 1 is 1.25 bits per heavy atom. The lowest BCUT2D eigenvalue weighted by Crippen LogP contribution is -2.07. The molecule has 0 saturated heterocycles. The van der Waals surface area contributed by atoms with Gasteiger partial charge in [0.25, 0.3) is 0 Å². The van der Waals surface area contributed by atoms with Gasteiger partial charge in [-0.3, -0.25) is 0 Å². The largest absolute Gasteiger partial charge is 0.327 e. The normalized spacial score (nSPS) is 27.8. The van der Waals surface area contributed by atoms with Crippen molar-refractivity contribution < 1.29 is 8.42 Å². The Labute approximate surface area is 96.6 Å². The van der Waals surface area contributed by atoms with Crippen molar-refractivity contribution in [2.75, 3.05) is 6.26 Å². The van der Waals surface area contributed by atoms with Crippen LogP contribution in [-0.4, -0.2) is 20.7 Å². The van der Waals surface area contributed by atoms with Crippen LogP contribution in [0.5, 0.6) is 0 Å². The average molecular weight is 239 g/mol. The van der Waals surface area contributed by atoms with Gasteiger partial charge in [-0.15, -0.1) is 0 Å². The van der Waals surface area contributed by atoms with Crippen LogP contribution in [0.1, 0.15) is 25.3 Å². The molecule has 1 saturated carbocycles. The van der Waals surface area contributed by atoms with E-state index in [2.05, 4.69) is 13.8 Å². The van der Waals surface area contributed by atoms with Crippen LogP contribution in [0.3, 0.4) is 0 Å². The molecule has 2 rings (SSSR count). The van der Waals surface area contributed by atoms with Crippen LogP contribution in [0.15, 0.2) is 29.2 Å². The predicted molar refractivity (Wildman–Crippen MR) is 64.0 cm³/mol. The Bertz CT molecular complexity index is 520. The summed E-state index contributed by atoms with van der Waals surface area (Å²) in [5.74, 6) is 0.151. The summed E-state index contributed by atoms with van der Waals surface area (Å²) in [6.45, 7) is 4.14. The Kier molecular flexibility index (Phi) is 2.40. The number of hydrogen-bond donors (Lipinski definition) is 1. The second-order valence-corrected chi connectivity index (χ2v) is 7.12. The molecule has 0 aliphatic heterocycles. The Morgan fingerprint density at radius 2 is 1.75 bits per heavy atom. The van der Waals surface area contributed by atoms with Crippen LogP contribution in [-0.2, 0) is 9.84 Å². The van der Waals surface area contributed by atoms with E-state index in [4.69, 9.17) is 5.73 Å². The minimum atomic E-state index is -3.17. The van der Waals surface area contributed by atoms with Crippen molar-refractivity contribution in [2.24, 2.45) is 11.1 Å². The van der Waals surface area contributed by atoms with Gasteiger partial charge in [-0.1, -0.05) is 32.0 Å². The smallest absolute Gasteiger partial charge is 0.175 e. The van der Waals surface area contributed by atoms with Crippen molar-refractivity contribution in [2.45, 2.75) is 30.7 Å². The fraction of sp³-hybridized carbons (Fsp3) is 0.500. The van der Waals surface area contributed by atoms with Crippen LogP contribution in [0.25, 0.3) is 0 Å². The summed E-state index contributed by atoms with van der Waals surface area (Å²) in [5.41, 5.74) is 6.86. The van der Waals surface area contributed by atoms with Crippen molar-refractivity contribution in [3.8, 4) is 0 Å². The number of benzene rings is 1. The molecule has 1 aromatic rings. The second kappa shape index (κ2) is 3.31. The van der Waals surface area contributed by atoms with Gasteiger partial charge in [0, 0.05) is 18.2 Å². The molecule has 2 unspecified atom stereocenters. The quantitative estimate of drug-likeness (QED) is 0.851. The van der Waals surface area contributed by atoms with E-state index in [-0.39, 0.29) is 17.4 Å². The molecule has 1 aliphatic rings. The summed E-state index contributed by atoms with van der Waals surface area (Å²) in [4.78, 5) is 0.418. The van der Waals surface area contributed by atoms with Crippen molar-refractivity contribution in [3.63, 3.8) is 0 Å². The number of sulfone groups is 1. The first-order valence-electron chi connectivity index (χ1n) is 5.31. The molecule has 0 radical (unpaired) electrons. The molecule has 0 bridgehead atoms. The summed E-state index contributed by atoms with van der Waals surface area (Å²) in [5, 5.41) is 0. The summed E-state index contributed by atoms with van der Waals surface area (Å²) >= 11 is 0. The minimum absolute atomic E-state index is 0.000787. The summed E-state index contributed by atoms with van der Waals surface area (Å²) in [6, 6.07) is 7.20. The van der Waals surface area contributed by atoms with Crippen LogP contribution < -0.4 is 5.73 Å². The molecule has 0 spiro atoms. The third kappa shape index (κ3) is 1.66. The molecule has 2 atom stereocenters. The Hall–Kier alpha value is -0.870. The maximum atomic E-state index is 11.7. The number of nitrogens with two attached hydrogens (primary N) is 1. The third-order valence-corrected chi connectivity index (χ3v) is 4.73. The molecule has 0 amide bonds. The molecule has 0 heterocycles. The van der Waals surface area contributed by atoms with Crippen molar-refractivity contribution >= 4 is 9.84 Å². The SMILES string of the molecule is CC1(C)C(N)C1c1ccccc1S(C)(=O)=O. The highest BCUT2D eigenvalue weighted by atomic mass is 32.2. The molecule has 0 aromatic heterocycles. The van der Waals surface area contributed by atoms with Gasteiger partial charge in [-0.25, -0.2) is 8.42 Å². The zero-order valence-electron chi connectivity index (χ0n) is 9.77. The first-order chi connectivity index (χ1) is 7.26. The lowest BCUT2D eigenvalue weighted by molar-refractivity contribution is 0.590. The van der Waals surface area contributed by atoms with Gasteiger partial charge in [-0.2, -0.15) is 0 Å². The zero-order valence-corrected chi connectivity index (χ0v) is 10.6. The highest BCUT2D eigenvalue weighted by Crippen LogP contribution is 2.58. The summed E-state index contributed by atoms with van der Waals surface area (Å²) in [7, 11) is -3.17. The van der Waals surface area contributed by atoms with Crippen LogP contribution >= 0.6 is 0 Å².